The van der Waals surface area contributed by atoms with Crippen LogP contribution in [-0.2, 0) is 14.3 Å². The van der Waals surface area contributed by atoms with Gasteiger partial charge in [-0.15, -0.1) is 21.5 Å². The summed E-state index contributed by atoms with van der Waals surface area (Å²) in [4.78, 5) is 36.9. The number of carbonyl (C=O) groups excluding carboxylic acids is 3. The highest BCUT2D eigenvalue weighted by atomic mass is 32.2. The number of aryl methyl sites for hydroxylation is 1. The first-order valence-corrected chi connectivity index (χ1v) is 9.87. The van der Waals surface area contributed by atoms with E-state index in [0.29, 0.717) is 11.5 Å². The first-order valence-electron chi connectivity index (χ1n) is 8.07. The Kier molecular flexibility index (Phi) is 7.36. The molecule has 0 saturated carbocycles. The fourth-order valence-electron chi connectivity index (χ4n) is 2.07. The third-order valence-corrected chi connectivity index (χ3v) is 5.18. The summed E-state index contributed by atoms with van der Waals surface area (Å²) in [7, 11) is 0. The number of aromatic nitrogens is 2. The van der Waals surface area contributed by atoms with E-state index in [4.69, 9.17) is 13.9 Å². The summed E-state index contributed by atoms with van der Waals surface area (Å²) < 4.78 is 15.2. The minimum absolute atomic E-state index is 0.00438. The van der Waals surface area contributed by atoms with Crippen molar-refractivity contribution in [3.63, 3.8) is 0 Å². The van der Waals surface area contributed by atoms with Gasteiger partial charge >= 0.3 is 11.9 Å². The van der Waals surface area contributed by atoms with Crippen molar-refractivity contribution >= 4 is 45.9 Å². The number of esters is 2. The summed E-state index contributed by atoms with van der Waals surface area (Å²) in [6.07, 6.45) is 0. The van der Waals surface area contributed by atoms with Gasteiger partial charge in [0.15, 0.2) is 0 Å². The average Bonchev–Trinajstić information content (AvgIpc) is 3.16. The van der Waals surface area contributed by atoms with Gasteiger partial charge < -0.3 is 19.2 Å². The molecule has 0 fully saturated rings. The summed E-state index contributed by atoms with van der Waals surface area (Å²) in [5.74, 6) is -1.16. The van der Waals surface area contributed by atoms with E-state index in [-0.39, 0.29) is 39.6 Å². The lowest BCUT2D eigenvalue weighted by Crippen LogP contribution is -2.16. The van der Waals surface area contributed by atoms with Crippen molar-refractivity contribution < 1.29 is 28.3 Å². The number of hydrogen-bond donors (Lipinski definition) is 1. The molecular formula is C16H19N3O6S2. The Labute approximate surface area is 163 Å². The Balaban J connectivity index is 2.19. The third kappa shape index (κ3) is 5.30. The highest BCUT2D eigenvalue weighted by molar-refractivity contribution is 7.99. The van der Waals surface area contributed by atoms with E-state index in [2.05, 4.69) is 15.5 Å². The molecule has 2 aromatic heterocycles. The van der Waals surface area contributed by atoms with Crippen LogP contribution in [0.25, 0.3) is 0 Å². The molecule has 2 heterocycles. The van der Waals surface area contributed by atoms with Crippen molar-refractivity contribution in [2.45, 2.75) is 32.9 Å². The van der Waals surface area contributed by atoms with Crippen molar-refractivity contribution in [3.05, 3.63) is 21.9 Å². The smallest absolute Gasteiger partial charge is 0.348 e. The van der Waals surface area contributed by atoms with Gasteiger partial charge in [0.25, 0.3) is 5.22 Å². The first kappa shape index (κ1) is 20.9. The Morgan fingerprint density at radius 2 is 1.78 bits per heavy atom. The molecule has 2 aromatic rings. The van der Waals surface area contributed by atoms with E-state index in [1.165, 1.54) is 0 Å². The zero-order valence-corrected chi connectivity index (χ0v) is 16.9. The van der Waals surface area contributed by atoms with Crippen LogP contribution in [0.15, 0.2) is 9.64 Å². The minimum Gasteiger partial charge on any atom is -0.462 e. The number of amides is 1. The Bertz CT molecular complexity index is 845. The summed E-state index contributed by atoms with van der Waals surface area (Å²) >= 11 is 2.04. The topological polar surface area (TPSA) is 121 Å². The van der Waals surface area contributed by atoms with Crippen molar-refractivity contribution in [2.24, 2.45) is 0 Å². The number of nitrogens with zero attached hydrogens (tertiary/aromatic N) is 2. The predicted octanol–water partition coefficient (Wildman–Crippen LogP) is 2.83. The maximum atomic E-state index is 12.3. The molecule has 1 N–H and O–H groups in total. The monoisotopic (exact) mass is 413 g/mol. The van der Waals surface area contributed by atoms with Crippen molar-refractivity contribution in [1.82, 2.24) is 10.2 Å². The Hall–Kier alpha value is -2.40. The van der Waals surface area contributed by atoms with Gasteiger partial charge in [-0.3, -0.25) is 4.79 Å². The molecule has 0 atom stereocenters. The van der Waals surface area contributed by atoms with Crippen molar-refractivity contribution in [1.29, 1.82) is 0 Å². The van der Waals surface area contributed by atoms with Crippen LogP contribution < -0.4 is 5.32 Å². The van der Waals surface area contributed by atoms with E-state index in [9.17, 15) is 14.4 Å². The molecule has 0 saturated heterocycles. The van der Waals surface area contributed by atoms with E-state index < -0.39 is 17.8 Å². The third-order valence-electron chi connectivity index (χ3n) is 3.17. The molecule has 0 aliphatic heterocycles. The SMILES string of the molecule is CCOC(=O)c1sc(NC(=O)CSc2nnc(C)o2)c(C(=O)OCC)c1C. The zero-order chi connectivity index (χ0) is 20.0. The molecule has 0 bridgehead atoms. The van der Waals surface area contributed by atoms with Crippen LogP contribution in [0.1, 0.15) is 45.3 Å². The summed E-state index contributed by atoms with van der Waals surface area (Å²) in [6.45, 7) is 6.99. The number of rotatable bonds is 8. The quantitative estimate of drug-likeness (QED) is 0.514. The molecule has 0 spiro atoms. The largest absolute Gasteiger partial charge is 0.462 e. The molecular weight excluding hydrogens is 394 g/mol. The number of hydrogen-bond acceptors (Lipinski definition) is 10. The van der Waals surface area contributed by atoms with Crippen LogP contribution in [0.5, 0.6) is 0 Å². The molecule has 0 radical (unpaired) electrons. The Morgan fingerprint density at radius 1 is 1.11 bits per heavy atom. The molecule has 0 unspecified atom stereocenters. The molecule has 146 valence electrons. The van der Waals surface area contributed by atoms with Crippen LogP contribution in [0, 0.1) is 13.8 Å². The van der Waals surface area contributed by atoms with Crippen molar-refractivity contribution in [3.8, 4) is 0 Å². The molecule has 0 aliphatic carbocycles. The van der Waals surface area contributed by atoms with Crippen LogP contribution in [0.3, 0.4) is 0 Å². The van der Waals surface area contributed by atoms with E-state index in [1.807, 2.05) is 0 Å². The zero-order valence-electron chi connectivity index (χ0n) is 15.3. The van der Waals surface area contributed by atoms with Gasteiger partial charge in [0, 0.05) is 6.92 Å². The first-order chi connectivity index (χ1) is 12.9. The number of carbonyl (C=O) groups is 3. The molecule has 1 amide bonds. The maximum absolute atomic E-state index is 12.3. The lowest BCUT2D eigenvalue weighted by Gasteiger charge is -2.06. The van der Waals surface area contributed by atoms with Gasteiger partial charge in [-0.1, -0.05) is 11.8 Å². The second-order valence-corrected chi connectivity index (χ2v) is 7.07. The van der Waals surface area contributed by atoms with Gasteiger partial charge in [0.2, 0.25) is 11.8 Å². The van der Waals surface area contributed by atoms with E-state index >= 15 is 0 Å². The van der Waals surface area contributed by atoms with Gasteiger partial charge in [-0.25, -0.2) is 9.59 Å². The highest BCUT2D eigenvalue weighted by Gasteiger charge is 2.27. The highest BCUT2D eigenvalue weighted by Crippen LogP contribution is 2.34. The van der Waals surface area contributed by atoms with Crippen LogP contribution >= 0.6 is 23.1 Å². The molecule has 0 aliphatic rings. The minimum atomic E-state index is -0.614. The van der Waals surface area contributed by atoms with Gasteiger partial charge in [0.05, 0.1) is 24.5 Å². The number of ether oxygens (including phenoxy) is 2. The van der Waals surface area contributed by atoms with Gasteiger partial charge in [-0.2, -0.15) is 0 Å². The second-order valence-electron chi connectivity index (χ2n) is 5.13. The Morgan fingerprint density at radius 3 is 2.37 bits per heavy atom. The predicted molar refractivity (Wildman–Crippen MR) is 99.4 cm³/mol. The van der Waals surface area contributed by atoms with Crippen LogP contribution in [-0.4, -0.2) is 47.0 Å². The molecule has 2 rings (SSSR count). The number of thiophene rings is 1. The van der Waals surface area contributed by atoms with Crippen LogP contribution in [0.2, 0.25) is 0 Å². The fraction of sp³-hybridized carbons (Fsp3) is 0.438. The lowest BCUT2D eigenvalue weighted by molar-refractivity contribution is -0.113. The number of thioether (sulfide) groups is 1. The second kappa shape index (κ2) is 9.51. The average molecular weight is 413 g/mol. The molecule has 0 aromatic carbocycles. The summed E-state index contributed by atoms with van der Waals surface area (Å²) in [6, 6.07) is 0. The molecule has 11 heteroatoms. The maximum Gasteiger partial charge on any atom is 0.348 e. The van der Waals surface area contributed by atoms with Gasteiger partial charge in [0.1, 0.15) is 9.88 Å². The normalized spacial score (nSPS) is 10.5. The van der Waals surface area contributed by atoms with E-state index in [0.717, 1.165) is 23.1 Å². The van der Waals surface area contributed by atoms with Crippen molar-refractivity contribution in [2.75, 3.05) is 24.3 Å². The van der Waals surface area contributed by atoms with Crippen LogP contribution in [0.4, 0.5) is 5.00 Å². The van der Waals surface area contributed by atoms with E-state index in [1.54, 1.807) is 27.7 Å². The molecule has 9 nitrogen and oxygen atoms in total. The molecule has 27 heavy (non-hydrogen) atoms. The summed E-state index contributed by atoms with van der Waals surface area (Å²) in [5.41, 5.74) is 0.560. The lowest BCUT2D eigenvalue weighted by atomic mass is 10.1. The summed E-state index contributed by atoms with van der Waals surface area (Å²) in [5, 5.41) is 10.6. The standard InChI is InChI=1S/C16H19N3O6S2/c1-5-23-14(21)11-8(3)12(15(22)24-6-2)27-13(11)17-10(20)7-26-16-19-18-9(4)25-16/h5-7H2,1-4H3,(H,17,20). The number of nitrogens with one attached hydrogen (secondary N) is 1. The van der Waals surface area contributed by atoms with Gasteiger partial charge in [-0.05, 0) is 26.3 Å². The fourth-order valence-corrected chi connectivity index (χ4v) is 3.78. The number of anilines is 1.